The number of benzene rings is 1. The molecule has 112 valence electrons. The van der Waals surface area contributed by atoms with Crippen LogP contribution in [0.15, 0.2) is 24.3 Å². The Morgan fingerprint density at radius 2 is 1.76 bits per heavy atom. The zero-order valence-corrected chi connectivity index (χ0v) is 11.2. The van der Waals surface area contributed by atoms with Crippen molar-refractivity contribution in [3.63, 3.8) is 0 Å². The Labute approximate surface area is 120 Å². The maximum absolute atomic E-state index is 12.3. The van der Waals surface area contributed by atoms with Crippen molar-refractivity contribution in [1.29, 1.82) is 0 Å². The first-order chi connectivity index (χ1) is 9.97. The van der Waals surface area contributed by atoms with Crippen molar-refractivity contribution in [3.05, 3.63) is 29.8 Å². The third kappa shape index (κ3) is 3.71. The normalized spacial score (nSPS) is 16.5. The maximum atomic E-state index is 12.3. The maximum Gasteiger partial charge on any atom is 0.323 e. The molecule has 0 bridgehead atoms. The van der Waals surface area contributed by atoms with Gasteiger partial charge in [-0.2, -0.15) is 0 Å². The zero-order valence-electron chi connectivity index (χ0n) is 11.2. The summed E-state index contributed by atoms with van der Waals surface area (Å²) >= 11 is 0. The molecule has 0 aliphatic carbocycles. The van der Waals surface area contributed by atoms with E-state index in [4.69, 9.17) is 14.9 Å². The van der Waals surface area contributed by atoms with Gasteiger partial charge >= 0.3 is 11.9 Å². The molecule has 7 nitrogen and oxygen atoms in total. The lowest BCUT2D eigenvalue weighted by atomic mass is 9.95. The summed E-state index contributed by atoms with van der Waals surface area (Å²) in [5, 5.41) is 17.6. The van der Waals surface area contributed by atoms with Crippen LogP contribution in [0.25, 0.3) is 0 Å². The molecule has 0 spiro atoms. The highest BCUT2D eigenvalue weighted by molar-refractivity contribution is 5.87. The number of ether oxygens (including phenoxy) is 1. The van der Waals surface area contributed by atoms with Crippen molar-refractivity contribution in [3.8, 4) is 5.75 Å². The smallest absolute Gasteiger partial charge is 0.323 e. The lowest BCUT2D eigenvalue weighted by molar-refractivity contribution is -0.151. The molecule has 0 fully saturated rings. The van der Waals surface area contributed by atoms with E-state index in [1.54, 1.807) is 6.07 Å². The molecule has 0 saturated heterocycles. The second-order valence-electron chi connectivity index (χ2n) is 4.80. The second kappa shape index (κ2) is 6.25. The first-order valence-electron chi connectivity index (χ1n) is 6.40. The summed E-state index contributed by atoms with van der Waals surface area (Å²) in [5.74, 6) is -2.89. The van der Waals surface area contributed by atoms with E-state index in [1.807, 2.05) is 18.2 Å². The van der Waals surface area contributed by atoms with Crippen molar-refractivity contribution in [2.24, 2.45) is 5.92 Å². The molecule has 2 N–H and O–H groups in total. The van der Waals surface area contributed by atoms with Gasteiger partial charge in [0, 0.05) is 0 Å². The first kappa shape index (κ1) is 14.8. The van der Waals surface area contributed by atoms with E-state index in [9.17, 15) is 14.4 Å². The quantitative estimate of drug-likeness (QED) is 0.805. The van der Waals surface area contributed by atoms with Crippen molar-refractivity contribution in [2.75, 3.05) is 19.7 Å². The minimum absolute atomic E-state index is 0.117. The first-order valence-corrected chi connectivity index (χ1v) is 6.40. The molecule has 0 radical (unpaired) electrons. The molecule has 1 heterocycles. The Morgan fingerprint density at radius 3 is 2.38 bits per heavy atom. The van der Waals surface area contributed by atoms with Gasteiger partial charge < -0.3 is 19.8 Å². The Hall–Kier alpha value is -2.57. The lowest BCUT2D eigenvalue weighted by Crippen LogP contribution is -2.45. The van der Waals surface area contributed by atoms with Gasteiger partial charge in [-0.25, -0.2) is 0 Å². The Kier molecular flexibility index (Phi) is 4.42. The van der Waals surface area contributed by atoms with Crippen LogP contribution in [0.4, 0.5) is 0 Å². The van der Waals surface area contributed by atoms with E-state index >= 15 is 0 Å². The molecule has 1 aromatic rings. The number of carbonyl (C=O) groups excluding carboxylic acids is 1. The predicted octanol–water partition coefficient (Wildman–Crippen LogP) is 0.236. The highest BCUT2D eigenvalue weighted by Crippen LogP contribution is 2.27. The van der Waals surface area contributed by atoms with Crippen molar-refractivity contribution < 1.29 is 29.3 Å². The number of carbonyl (C=O) groups is 3. The fourth-order valence-corrected chi connectivity index (χ4v) is 2.28. The van der Waals surface area contributed by atoms with Gasteiger partial charge in [-0.3, -0.25) is 14.4 Å². The summed E-state index contributed by atoms with van der Waals surface area (Å²) in [7, 11) is 0. The van der Waals surface area contributed by atoms with Gasteiger partial charge in [0.2, 0.25) is 5.91 Å². The fraction of sp³-hybridized carbons (Fsp3) is 0.357. The second-order valence-corrected chi connectivity index (χ2v) is 4.80. The Bertz CT molecular complexity index is 554. The zero-order chi connectivity index (χ0) is 15.4. The van der Waals surface area contributed by atoms with Crippen molar-refractivity contribution in [1.82, 2.24) is 4.90 Å². The van der Waals surface area contributed by atoms with E-state index in [-0.39, 0.29) is 6.61 Å². The molecule has 21 heavy (non-hydrogen) atoms. The van der Waals surface area contributed by atoms with Crippen molar-refractivity contribution in [2.45, 2.75) is 6.42 Å². The minimum atomic E-state index is -1.25. The predicted molar refractivity (Wildman–Crippen MR) is 71.0 cm³/mol. The molecule has 1 atom stereocenters. The number of nitrogens with zero attached hydrogens (tertiary/aromatic N) is 1. The van der Waals surface area contributed by atoms with E-state index < -0.39 is 36.9 Å². The number of carboxylic acid groups (broad SMARTS) is 2. The van der Waals surface area contributed by atoms with Gasteiger partial charge in [-0.05, 0) is 18.1 Å². The molecular weight excluding hydrogens is 278 g/mol. The SMILES string of the molecule is O=C(O)CN(CC(=O)O)C(=O)C1COc2ccccc2C1. The van der Waals surface area contributed by atoms with Gasteiger partial charge in [-0.1, -0.05) is 18.2 Å². The summed E-state index contributed by atoms with van der Waals surface area (Å²) in [6, 6.07) is 7.26. The van der Waals surface area contributed by atoms with Gasteiger partial charge in [0.15, 0.2) is 0 Å². The number of para-hydroxylation sites is 1. The van der Waals surface area contributed by atoms with E-state index in [1.165, 1.54) is 0 Å². The number of rotatable bonds is 5. The Balaban J connectivity index is 2.11. The molecule has 2 rings (SSSR count). The molecular formula is C14H15NO6. The van der Waals surface area contributed by atoms with Crippen LogP contribution in [0.5, 0.6) is 5.75 Å². The third-order valence-electron chi connectivity index (χ3n) is 3.19. The highest BCUT2D eigenvalue weighted by atomic mass is 16.5. The fourth-order valence-electron chi connectivity index (χ4n) is 2.28. The standard InChI is InChI=1S/C14H15NO6/c16-12(17)6-15(7-13(18)19)14(20)10-5-9-3-1-2-4-11(9)21-8-10/h1-4,10H,5-8H2,(H,16,17)(H,18,19). The Morgan fingerprint density at radius 1 is 1.14 bits per heavy atom. The van der Waals surface area contributed by atoms with Crippen LogP contribution >= 0.6 is 0 Å². The number of fused-ring (bicyclic) bond motifs is 1. The molecule has 0 saturated carbocycles. The minimum Gasteiger partial charge on any atom is -0.492 e. The lowest BCUT2D eigenvalue weighted by Gasteiger charge is -2.28. The number of hydrogen-bond donors (Lipinski definition) is 2. The van der Waals surface area contributed by atoms with Crippen LogP contribution in [-0.4, -0.2) is 52.7 Å². The molecule has 1 unspecified atom stereocenters. The van der Waals surface area contributed by atoms with Gasteiger partial charge in [-0.15, -0.1) is 0 Å². The number of amides is 1. The van der Waals surface area contributed by atoms with Gasteiger partial charge in [0.1, 0.15) is 25.4 Å². The van der Waals surface area contributed by atoms with Crippen molar-refractivity contribution >= 4 is 17.8 Å². The van der Waals surface area contributed by atoms with Crippen LogP contribution in [0.1, 0.15) is 5.56 Å². The summed E-state index contributed by atoms with van der Waals surface area (Å²) in [6.07, 6.45) is 0.407. The third-order valence-corrected chi connectivity index (χ3v) is 3.19. The number of aliphatic carboxylic acids is 2. The van der Waals surface area contributed by atoms with Crippen LogP contribution in [0, 0.1) is 5.92 Å². The highest BCUT2D eigenvalue weighted by Gasteiger charge is 2.31. The van der Waals surface area contributed by atoms with E-state index in [0.29, 0.717) is 12.2 Å². The summed E-state index contributed by atoms with van der Waals surface area (Å²) < 4.78 is 5.47. The van der Waals surface area contributed by atoms with Crippen LogP contribution in [-0.2, 0) is 20.8 Å². The number of carboxylic acids is 2. The average Bonchev–Trinajstić information content (AvgIpc) is 2.44. The topological polar surface area (TPSA) is 104 Å². The molecule has 0 aromatic heterocycles. The molecule has 7 heteroatoms. The summed E-state index contributed by atoms with van der Waals surface area (Å²) in [6.45, 7) is -1.15. The van der Waals surface area contributed by atoms with E-state index in [2.05, 4.69) is 0 Å². The van der Waals surface area contributed by atoms with Crippen LogP contribution in [0.2, 0.25) is 0 Å². The largest absolute Gasteiger partial charge is 0.492 e. The van der Waals surface area contributed by atoms with Crippen LogP contribution in [0.3, 0.4) is 0 Å². The average molecular weight is 293 g/mol. The molecule has 1 amide bonds. The molecule has 1 aliphatic rings. The summed E-state index contributed by atoms with van der Waals surface area (Å²) in [5.41, 5.74) is 0.854. The van der Waals surface area contributed by atoms with Crippen LogP contribution < -0.4 is 4.74 Å². The van der Waals surface area contributed by atoms with Gasteiger partial charge in [0.25, 0.3) is 0 Å². The number of hydrogen-bond acceptors (Lipinski definition) is 4. The summed E-state index contributed by atoms with van der Waals surface area (Å²) in [4.78, 5) is 34.6. The van der Waals surface area contributed by atoms with E-state index in [0.717, 1.165) is 10.5 Å². The van der Waals surface area contributed by atoms with Gasteiger partial charge in [0.05, 0.1) is 5.92 Å². The molecule has 1 aromatic carbocycles. The monoisotopic (exact) mass is 293 g/mol. The molecule has 1 aliphatic heterocycles.